The Hall–Kier alpha value is -3.82. The largest absolute Gasteiger partial charge is 0.481 e. The van der Waals surface area contributed by atoms with Gasteiger partial charge < -0.3 is 9.84 Å². The lowest BCUT2D eigenvalue weighted by Crippen LogP contribution is -2.26. The second-order valence-corrected chi connectivity index (χ2v) is 8.01. The molecule has 0 saturated carbocycles. The van der Waals surface area contributed by atoms with Crippen molar-refractivity contribution in [2.24, 2.45) is 0 Å². The number of esters is 1. The van der Waals surface area contributed by atoms with Crippen LogP contribution in [0.5, 0.6) is 0 Å². The molecule has 0 heterocycles. The summed E-state index contributed by atoms with van der Waals surface area (Å²) in [5.41, 5.74) is 0.700. The first-order chi connectivity index (χ1) is 14.7. The maximum Gasteiger partial charge on any atom is 0.313 e. The number of benzene rings is 2. The summed E-state index contributed by atoms with van der Waals surface area (Å²) in [5, 5.41) is 29.5. The molecule has 0 amide bonds. The highest BCUT2D eigenvalue weighted by Crippen LogP contribution is 2.22. The zero-order valence-electron chi connectivity index (χ0n) is 18.5. The van der Waals surface area contributed by atoms with Crippen molar-refractivity contribution in [2.45, 2.75) is 52.1 Å². The number of carbonyl (C=O) groups excluding carboxylic acids is 1. The Labute approximate surface area is 185 Å². The average molecular weight is 446 g/mol. The normalized spacial score (nSPS) is 12.5. The first-order valence-corrected chi connectivity index (χ1v) is 9.67. The molecule has 0 fully saturated rings. The predicted octanol–water partition coefficient (Wildman–Crippen LogP) is 4.82. The van der Waals surface area contributed by atoms with Gasteiger partial charge in [-0.15, -0.1) is 0 Å². The number of aliphatic carboxylic acids is 1. The van der Waals surface area contributed by atoms with Crippen LogP contribution in [0.2, 0.25) is 0 Å². The molecule has 2 rings (SSSR count). The number of hydrogen-bond acceptors (Lipinski definition) is 7. The number of carboxylic acids is 1. The van der Waals surface area contributed by atoms with Crippen LogP contribution in [-0.2, 0) is 14.3 Å². The summed E-state index contributed by atoms with van der Waals surface area (Å²) in [6.45, 7) is 8.65. The Bertz CT molecular complexity index is 963. The van der Waals surface area contributed by atoms with Crippen LogP contribution < -0.4 is 0 Å². The molecular weight excluding hydrogens is 420 g/mol. The van der Waals surface area contributed by atoms with Gasteiger partial charge in [0.1, 0.15) is 5.60 Å². The molecule has 2 aromatic rings. The van der Waals surface area contributed by atoms with E-state index in [1.807, 2.05) is 0 Å². The van der Waals surface area contributed by atoms with Gasteiger partial charge in [-0.2, -0.15) is 0 Å². The molecule has 0 aliphatic rings. The molecule has 0 aromatic heterocycles. The maximum atomic E-state index is 11.8. The number of carbonyl (C=O) groups is 2. The lowest BCUT2D eigenvalue weighted by Gasteiger charge is -2.22. The van der Waals surface area contributed by atoms with Crippen molar-refractivity contribution in [1.29, 1.82) is 0 Å². The van der Waals surface area contributed by atoms with Gasteiger partial charge in [-0.1, -0.05) is 24.3 Å². The summed E-state index contributed by atoms with van der Waals surface area (Å²) in [5.74, 6) is -2.36. The average Bonchev–Trinajstić information content (AvgIpc) is 2.72. The van der Waals surface area contributed by atoms with Crippen molar-refractivity contribution in [3.05, 3.63) is 79.9 Å². The summed E-state index contributed by atoms with van der Waals surface area (Å²) >= 11 is 0. The molecule has 0 saturated heterocycles. The van der Waals surface area contributed by atoms with E-state index in [4.69, 9.17) is 9.84 Å². The minimum Gasteiger partial charge on any atom is -0.481 e. The standard InChI is InChI=1S/C13H17NO4.C9H9NO4/c1-9(12(15)18-13(2,3)4)10-5-7-11(8-6-10)14(16)17;1-6(9(11)12)7-2-4-8(5-3-7)10(13)14/h5-9H,1-4H3;2-6H,1H3,(H,11,12). The van der Waals surface area contributed by atoms with Crippen molar-refractivity contribution in [2.75, 3.05) is 0 Å². The SMILES string of the molecule is CC(C(=O)O)c1ccc([N+](=O)[O-])cc1.CC(C(=O)OC(C)(C)C)c1ccc([N+](=O)[O-])cc1. The number of nitrogens with zero attached hydrogens (tertiary/aromatic N) is 2. The van der Waals surface area contributed by atoms with Crippen LogP contribution in [0.3, 0.4) is 0 Å². The molecule has 1 N–H and O–H groups in total. The molecule has 172 valence electrons. The Kier molecular flexibility index (Phi) is 9.00. The third kappa shape index (κ3) is 8.13. The number of ether oxygens (including phenoxy) is 1. The summed E-state index contributed by atoms with van der Waals surface area (Å²) in [6.07, 6.45) is 0. The minimum absolute atomic E-state index is 0.00939. The summed E-state index contributed by atoms with van der Waals surface area (Å²) in [6, 6.07) is 11.4. The van der Waals surface area contributed by atoms with Gasteiger partial charge in [0.15, 0.2) is 0 Å². The number of rotatable bonds is 6. The van der Waals surface area contributed by atoms with Crippen LogP contribution in [0.4, 0.5) is 11.4 Å². The molecule has 0 bridgehead atoms. The fraction of sp³-hybridized carbons (Fsp3) is 0.364. The van der Waals surface area contributed by atoms with Crippen LogP contribution in [0.25, 0.3) is 0 Å². The molecule has 0 aliphatic heterocycles. The Balaban J connectivity index is 0.000000330. The highest BCUT2D eigenvalue weighted by molar-refractivity contribution is 5.78. The van der Waals surface area contributed by atoms with Gasteiger partial charge in [-0.05, 0) is 45.7 Å². The first kappa shape index (κ1) is 26.2. The number of nitro benzene ring substituents is 2. The quantitative estimate of drug-likeness (QED) is 0.377. The van der Waals surface area contributed by atoms with E-state index >= 15 is 0 Å². The molecule has 0 aliphatic carbocycles. The topological polar surface area (TPSA) is 150 Å². The molecule has 2 atom stereocenters. The van der Waals surface area contributed by atoms with E-state index in [1.165, 1.54) is 43.3 Å². The number of carboxylic acid groups (broad SMARTS) is 1. The fourth-order valence-electron chi connectivity index (χ4n) is 2.44. The lowest BCUT2D eigenvalue weighted by molar-refractivity contribution is -0.385. The Morgan fingerprint density at radius 3 is 1.44 bits per heavy atom. The van der Waals surface area contributed by atoms with E-state index in [-0.39, 0.29) is 17.3 Å². The maximum absolute atomic E-state index is 11.8. The number of nitro groups is 2. The van der Waals surface area contributed by atoms with E-state index in [0.29, 0.717) is 11.1 Å². The van der Waals surface area contributed by atoms with Gasteiger partial charge in [0.05, 0.1) is 21.7 Å². The summed E-state index contributed by atoms with van der Waals surface area (Å²) in [7, 11) is 0. The van der Waals surface area contributed by atoms with Gasteiger partial charge in [-0.3, -0.25) is 29.8 Å². The smallest absolute Gasteiger partial charge is 0.313 e. The van der Waals surface area contributed by atoms with Gasteiger partial charge in [0.2, 0.25) is 0 Å². The van der Waals surface area contributed by atoms with Crippen LogP contribution in [0, 0.1) is 20.2 Å². The molecule has 10 nitrogen and oxygen atoms in total. The predicted molar refractivity (Wildman–Crippen MR) is 117 cm³/mol. The highest BCUT2D eigenvalue weighted by atomic mass is 16.6. The molecule has 2 unspecified atom stereocenters. The number of hydrogen-bond donors (Lipinski definition) is 1. The van der Waals surface area contributed by atoms with Gasteiger partial charge >= 0.3 is 11.9 Å². The van der Waals surface area contributed by atoms with Crippen molar-refractivity contribution in [3.8, 4) is 0 Å². The second kappa shape index (κ2) is 11.0. The highest BCUT2D eigenvalue weighted by Gasteiger charge is 2.23. The molecule has 10 heteroatoms. The van der Waals surface area contributed by atoms with Crippen LogP contribution in [-0.4, -0.2) is 32.5 Å². The first-order valence-electron chi connectivity index (χ1n) is 9.67. The van der Waals surface area contributed by atoms with Gasteiger partial charge in [0.25, 0.3) is 11.4 Å². The van der Waals surface area contributed by atoms with Crippen molar-refractivity contribution < 1.29 is 29.3 Å². The zero-order chi connectivity index (χ0) is 24.6. The molecule has 2 aromatic carbocycles. The summed E-state index contributed by atoms with van der Waals surface area (Å²) in [4.78, 5) is 42.2. The fourth-order valence-corrected chi connectivity index (χ4v) is 2.44. The van der Waals surface area contributed by atoms with E-state index in [0.717, 1.165) is 0 Å². The van der Waals surface area contributed by atoms with E-state index in [9.17, 15) is 29.8 Å². The van der Waals surface area contributed by atoms with E-state index in [2.05, 4.69) is 0 Å². The zero-order valence-corrected chi connectivity index (χ0v) is 18.5. The van der Waals surface area contributed by atoms with Gasteiger partial charge in [-0.25, -0.2) is 0 Å². The lowest BCUT2D eigenvalue weighted by atomic mass is 10.0. The Morgan fingerprint density at radius 1 is 0.812 bits per heavy atom. The van der Waals surface area contributed by atoms with E-state index < -0.39 is 33.3 Å². The van der Waals surface area contributed by atoms with Crippen LogP contribution in [0.15, 0.2) is 48.5 Å². The van der Waals surface area contributed by atoms with E-state index in [1.54, 1.807) is 39.8 Å². The van der Waals surface area contributed by atoms with Crippen molar-refractivity contribution in [1.82, 2.24) is 0 Å². The molecular formula is C22H26N2O8. The third-order valence-electron chi connectivity index (χ3n) is 4.34. The number of non-ortho nitro benzene ring substituents is 2. The molecule has 0 spiro atoms. The van der Waals surface area contributed by atoms with Gasteiger partial charge in [0, 0.05) is 24.3 Å². The minimum atomic E-state index is -0.946. The molecule has 32 heavy (non-hydrogen) atoms. The van der Waals surface area contributed by atoms with Crippen molar-refractivity contribution >= 4 is 23.3 Å². The van der Waals surface area contributed by atoms with Crippen LogP contribution in [0.1, 0.15) is 57.6 Å². The summed E-state index contributed by atoms with van der Waals surface area (Å²) < 4.78 is 5.26. The monoisotopic (exact) mass is 446 g/mol. The van der Waals surface area contributed by atoms with Crippen LogP contribution >= 0.6 is 0 Å². The molecule has 0 radical (unpaired) electrons. The second-order valence-electron chi connectivity index (χ2n) is 8.01. The van der Waals surface area contributed by atoms with Crippen molar-refractivity contribution in [3.63, 3.8) is 0 Å². The Morgan fingerprint density at radius 2 is 1.16 bits per heavy atom. The third-order valence-corrected chi connectivity index (χ3v) is 4.34.